The Morgan fingerprint density at radius 3 is 1.58 bits per heavy atom. The molecular weight excluding hydrogens is 628 g/mol. The number of hydrogen-bond donors (Lipinski definition) is 0. The highest BCUT2D eigenvalue weighted by atomic mass is 28.4. The molecule has 2 saturated heterocycles. The molecule has 3 aromatic carbocycles. The fourth-order valence-electron chi connectivity index (χ4n) is 6.16. The molecule has 48 heavy (non-hydrogen) atoms. The fourth-order valence-corrected chi connectivity index (χ4v) is 7.24. The molecule has 260 valence electrons. The Morgan fingerprint density at radius 2 is 1.17 bits per heavy atom. The van der Waals surface area contributed by atoms with E-state index in [2.05, 4.69) is 19.6 Å². The number of ether oxygens (including phenoxy) is 7. The Balaban J connectivity index is 1.56. The predicted molar refractivity (Wildman–Crippen MR) is 183 cm³/mol. The first kappa shape index (κ1) is 36.4. The van der Waals surface area contributed by atoms with Crippen molar-refractivity contribution in [3.05, 3.63) is 108 Å². The third-order valence-electron chi connectivity index (χ3n) is 8.67. The summed E-state index contributed by atoms with van der Waals surface area (Å²) in [5, 5.41) is 0. The third kappa shape index (κ3) is 9.19. The zero-order valence-electron chi connectivity index (χ0n) is 28.9. The van der Waals surface area contributed by atoms with Crippen molar-refractivity contribution in [3.8, 4) is 0 Å². The molecule has 2 fully saturated rings. The summed E-state index contributed by atoms with van der Waals surface area (Å²) in [5.41, 5.74) is 2.96. The second kappa shape index (κ2) is 16.6. The number of cyclic esters (lactones) is 1. The highest BCUT2D eigenvalue weighted by molar-refractivity contribution is 6.69. The molecule has 0 spiro atoms. The number of esters is 1. The molecule has 5 rings (SSSR count). The average molecular weight is 679 g/mol. The van der Waals surface area contributed by atoms with Gasteiger partial charge in [0.2, 0.25) is 5.79 Å². The van der Waals surface area contributed by atoms with Crippen molar-refractivity contribution in [1.82, 2.24) is 0 Å². The van der Waals surface area contributed by atoms with Gasteiger partial charge in [0.05, 0.1) is 19.8 Å². The van der Waals surface area contributed by atoms with Gasteiger partial charge in [-0.05, 0) is 36.3 Å². The zero-order chi connectivity index (χ0) is 34.1. The zero-order valence-corrected chi connectivity index (χ0v) is 29.9. The van der Waals surface area contributed by atoms with E-state index in [1.165, 1.54) is 0 Å². The lowest BCUT2D eigenvalue weighted by molar-refractivity contribution is -0.333. The smallest absolute Gasteiger partial charge is 0.340 e. The maximum absolute atomic E-state index is 13.6. The lowest BCUT2D eigenvalue weighted by atomic mass is 9.92. The molecule has 2 heterocycles. The molecule has 7 atom stereocenters. The number of benzene rings is 3. The number of carbonyl (C=O) groups is 1. The number of hydrogen-bond acceptors (Lipinski definition) is 9. The summed E-state index contributed by atoms with van der Waals surface area (Å²) in [6.07, 6.45) is -4.75. The average Bonchev–Trinajstić information content (AvgIpc) is 3.45. The SMILES string of the molecule is CCC1(CC)OC(=O)[C@@H]([C@H](O[Si](C)(C)C)[C@H]2O[C@H](OC)[C@H](OCc3ccccc3)[C@@H](OCc3ccccc3)[C@@H]2OCc2ccccc2)O1. The van der Waals surface area contributed by atoms with E-state index in [1.54, 1.807) is 7.11 Å². The van der Waals surface area contributed by atoms with Gasteiger partial charge in [-0.1, -0.05) is 105 Å². The van der Waals surface area contributed by atoms with Crippen molar-refractivity contribution in [2.45, 2.75) is 115 Å². The molecule has 9 nitrogen and oxygen atoms in total. The van der Waals surface area contributed by atoms with E-state index in [0.717, 1.165) is 16.7 Å². The molecule has 0 N–H and O–H groups in total. The first-order valence-corrected chi connectivity index (χ1v) is 20.3. The van der Waals surface area contributed by atoms with Crippen LogP contribution in [0.2, 0.25) is 19.6 Å². The summed E-state index contributed by atoms with van der Waals surface area (Å²) >= 11 is 0. The molecule has 0 unspecified atom stereocenters. The second-order valence-electron chi connectivity index (χ2n) is 13.3. The summed E-state index contributed by atoms with van der Waals surface area (Å²) in [4.78, 5) is 13.6. The standard InChI is InChI=1S/C38H50O9Si/c1-7-38(8-2)45-34(36(39)46-38)33(47-48(4,5)6)32-30(41-24-27-18-12-9-13-19-27)31(42-25-28-20-14-10-15-21-28)35(37(40-3)44-32)43-26-29-22-16-11-17-23-29/h9-23,30-35,37H,7-8,24-26H2,1-6H3/t30-,31-,32-,33+,34+,35+,37-/m0/s1. The van der Waals surface area contributed by atoms with Crippen LogP contribution in [-0.2, 0) is 62.2 Å². The van der Waals surface area contributed by atoms with Crippen LogP contribution in [0.3, 0.4) is 0 Å². The normalized spacial score (nSPS) is 26.2. The van der Waals surface area contributed by atoms with Crippen LogP contribution >= 0.6 is 0 Å². The van der Waals surface area contributed by atoms with Crippen molar-refractivity contribution >= 4 is 14.3 Å². The first-order chi connectivity index (χ1) is 23.1. The van der Waals surface area contributed by atoms with Crippen molar-refractivity contribution in [1.29, 1.82) is 0 Å². The first-order valence-electron chi connectivity index (χ1n) is 16.9. The van der Waals surface area contributed by atoms with Gasteiger partial charge in [-0.15, -0.1) is 0 Å². The van der Waals surface area contributed by atoms with Crippen molar-refractivity contribution in [2.75, 3.05) is 7.11 Å². The monoisotopic (exact) mass is 678 g/mol. The van der Waals surface area contributed by atoms with Gasteiger partial charge in [0.1, 0.15) is 30.5 Å². The van der Waals surface area contributed by atoms with Gasteiger partial charge in [0.25, 0.3) is 0 Å². The molecule has 0 radical (unpaired) electrons. The van der Waals surface area contributed by atoms with Gasteiger partial charge < -0.3 is 37.6 Å². The van der Waals surface area contributed by atoms with Crippen LogP contribution in [0.25, 0.3) is 0 Å². The Labute approximate surface area is 285 Å². The number of carbonyl (C=O) groups excluding carboxylic acids is 1. The molecule has 3 aromatic rings. The summed E-state index contributed by atoms with van der Waals surface area (Å²) in [6, 6.07) is 29.8. The van der Waals surface area contributed by atoms with Crippen LogP contribution in [0, 0.1) is 0 Å². The highest BCUT2D eigenvalue weighted by Gasteiger charge is 2.58. The Hall–Kier alpha value is -2.93. The van der Waals surface area contributed by atoms with Crippen LogP contribution < -0.4 is 0 Å². The molecule has 0 saturated carbocycles. The fraction of sp³-hybridized carbons (Fsp3) is 0.500. The van der Waals surface area contributed by atoms with Crippen LogP contribution in [0.5, 0.6) is 0 Å². The maximum atomic E-state index is 13.6. The van der Waals surface area contributed by atoms with Crippen molar-refractivity contribution in [3.63, 3.8) is 0 Å². The van der Waals surface area contributed by atoms with E-state index < -0.39 is 63.0 Å². The number of methoxy groups -OCH3 is 1. The Bertz CT molecular complexity index is 1400. The van der Waals surface area contributed by atoms with Gasteiger partial charge in [0.15, 0.2) is 20.7 Å². The molecule has 10 heteroatoms. The van der Waals surface area contributed by atoms with Crippen molar-refractivity contribution in [2.24, 2.45) is 0 Å². The van der Waals surface area contributed by atoms with E-state index in [-0.39, 0.29) is 6.61 Å². The Kier molecular flexibility index (Phi) is 12.6. The van der Waals surface area contributed by atoms with Gasteiger partial charge in [-0.2, -0.15) is 0 Å². The summed E-state index contributed by atoms with van der Waals surface area (Å²) in [7, 11) is -0.745. The van der Waals surface area contributed by atoms with Crippen LogP contribution in [0.4, 0.5) is 0 Å². The minimum Gasteiger partial charge on any atom is -0.431 e. The molecule has 2 aliphatic heterocycles. The third-order valence-corrected chi connectivity index (χ3v) is 9.65. The molecule has 0 aromatic heterocycles. The molecular formula is C38H50O9Si. The quantitative estimate of drug-likeness (QED) is 0.120. The molecule has 0 bridgehead atoms. The maximum Gasteiger partial charge on any atom is 0.340 e. The van der Waals surface area contributed by atoms with Gasteiger partial charge in [-0.25, -0.2) is 4.79 Å². The Morgan fingerprint density at radius 1 is 0.708 bits per heavy atom. The lowest BCUT2D eigenvalue weighted by Crippen LogP contribution is -2.66. The van der Waals surface area contributed by atoms with Gasteiger partial charge in [-0.3, -0.25) is 0 Å². The second-order valence-corrected chi connectivity index (χ2v) is 17.7. The van der Waals surface area contributed by atoms with Crippen LogP contribution in [-0.4, -0.2) is 70.1 Å². The molecule has 0 amide bonds. The minimum atomic E-state index is -2.32. The largest absolute Gasteiger partial charge is 0.431 e. The topological polar surface area (TPSA) is 90.9 Å². The summed E-state index contributed by atoms with van der Waals surface area (Å²) in [6.45, 7) is 11.0. The lowest BCUT2D eigenvalue weighted by Gasteiger charge is -2.48. The summed E-state index contributed by atoms with van der Waals surface area (Å²) < 4.78 is 52.1. The highest BCUT2D eigenvalue weighted by Crippen LogP contribution is 2.39. The number of rotatable bonds is 16. The van der Waals surface area contributed by atoms with E-state index in [0.29, 0.717) is 26.1 Å². The van der Waals surface area contributed by atoms with Crippen LogP contribution in [0.15, 0.2) is 91.0 Å². The van der Waals surface area contributed by atoms with Crippen molar-refractivity contribution < 1.29 is 42.4 Å². The van der Waals surface area contributed by atoms with Gasteiger partial charge in [0, 0.05) is 20.0 Å². The van der Waals surface area contributed by atoms with E-state index >= 15 is 0 Å². The van der Waals surface area contributed by atoms with Crippen LogP contribution in [0.1, 0.15) is 43.4 Å². The minimum absolute atomic E-state index is 0.267. The predicted octanol–water partition coefficient (Wildman–Crippen LogP) is 6.79. The van der Waals surface area contributed by atoms with E-state index in [1.807, 2.05) is 105 Å². The van der Waals surface area contributed by atoms with Gasteiger partial charge >= 0.3 is 5.97 Å². The van der Waals surface area contributed by atoms with E-state index in [4.69, 9.17) is 37.6 Å². The summed E-state index contributed by atoms with van der Waals surface area (Å²) in [5.74, 6) is -1.52. The van der Waals surface area contributed by atoms with E-state index in [9.17, 15) is 4.79 Å². The molecule has 0 aliphatic carbocycles. The molecule has 2 aliphatic rings.